The summed E-state index contributed by atoms with van der Waals surface area (Å²) in [5.74, 6) is 1.79. The molecule has 1 amide bonds. The predicted molar refractivity (Wildman–Crippen MR) is 107 cm³/mol. The van der Waals surface area contributed by atoms with Crippen molar-refractivity contribution in [1.29, 1.82) is 0 Å². The average molecular weight is 348 g/mol. The molecule has 0 radical (unpaired) electrons. The molecule has 4 rings (SSSR count). The zero-order valence-corrected chi connectivity index (χ0v) is 15.7. The summed E-state index contributed by atoms with van der Waals surface area (Å²) in [6.07, 6.45) is 24.6. The summed E-state index contributed by atoms with van der Waals surface area (Å²) in [7, 11) is 0. The van der Waals surface area contributed by atoms with Crippen molar-refractivity contribution in [3.63, 3.8) is 0 Å². The highest BCUT2D eigenvalue weighted by Gasteiger charge is 2.37. The molecule has 0 aromatic rings. The van der Waals surface area contributed by atoms with E-state index in [4.69, 9.17) is 0 Å². The monoisotopic (exact) mass is 347 g/mol. The summed E-state index contributed by atoms with van der Waals surface area (Å²) in [5, 5.41) is 3.04. The van der Waals surface area contributed by atoms with Gasteiger partial charge in [-0.3, -0.25) is 4.79 Å². The lowest BCUT2D eigenvalue weighted by atomic mass is 9.63. The Labute approximate surface area is 157 Å². The highest BCUT2D eigenvalue weighted by atomic mass is 16.1. The summed E-state index contributed by atoms with van der Waals surface area (Å²) in [6.45, 7) is 2.97. The summed E-state index contributed by atoms with van der Waals surface area (Å²) < 4.78 is 0. The van der Waals surface area contributed by atoms with Gasteiger partial charge in [0.1, 0.15) is 0 Å². The molecule has 0 fully saturated rings. The van der Waals surface area contributed by atoms with Gasteiger partial charge in [-0.1, -0.05) is 62.0 Å². The average Bonchev–Trinajstić information content (AvgIpc) is 2.67. The van der Waals surface area contributed by atoms with E-state index in [-0.39, 0.29) is 5.91 Å². The Morgan fingerprint density at radius 1 is 1.19 bits per heavy atom. The van der Waals surface area contributed by atoms with Crippen molar-refractivity contribution >= 4 is 5.91 Å². The molecule has 2 heteroatoms. The Morgan fingerprint density at radius 3 is 3.00 bits per heavy atom. The number of hydrogen-bond acceptors (Lipinski definition) is 1. The van der Waals surface area contributed by atoms with Crippen molar-refractivity contribution in [2.75, 3.05) is 6.54 Å². The lowest BCUT2D eigenvalue weighted by molar-refractivity contribution is -0.121. The van der Waals surface area contributed by atoms with Crippen molar-refractivity contribution in [2.24, 2.45) is 17.8 Å². The van der Waals surface area contributed by atoms with Gasteiger partial charge >= 0.3 is 0 Å². The van der Waals surface area contributed by atoms with Crippen molar-refractivity contribution in [3.8, 4) is 0 Å². The van der Waals surface area contributed by atoms with Crippen molar-refractivity contribution < 1.29 is 4.79 Å². The minimum Gasteiger partial charge on any atom is -0.356 e. The minimum absolute atomic E-state index is 0.214. The maximum atomic E-state index is 12.0. The first-order chi connectivity index (χ1) is 12.8. The predicted octanol–water partition coefficient (Wildman–Crippen LogP) is 5.18. The van der Waals surface area contributed by atoms with Gasteiger partial charge in [0, 0.05) is 24.8 Å². The van der Waals surface area contributed by atoms with E-state index in [1.165, 1.54) is 16.7 Å². The third-order valence-electron chi connectivity index (χ3n) is 6.12. The van der Waals surface area contributed by atoms with Gasteiger partial charge in [0.05, 0.1) is 0 Å². The molecule has 0 aliphatic heterocycles. The largest absolute Gasteiger partial charge is 0.356 e. The number of carbonyl (C=O) groups is 1. The molecule has 2 nitrogen and oxygen atoms in total. The molecule has 3 unspecified atom stereocenters. The molecule has 3 atom stereocenters. The maximum absolute atomic E-state index is 12.0. The highest BCUT2D eigenvalue weighted by molar-refractivity contribution is 5.75. The second kappa shape index (κ2) is 7.65. The van der Waals surface area contributed by atoms with Crippen LogP contribution in [0.25, 0.3) is 0 Å². The van der Waals surface area contributed by atoms with Gasteiger partial charge in [0.15, 0.2) is 0 Å². The molecule has 0 bridgehead atoms. The number of allylic oxidation sites excluding steroid dienone is 12. The second-order valence-corrected chi connectivity index (χ2v) is 7.86. The fourth-order valence-corrected chi connectivity index (χ4v) is 4.74. The molecule has 0 saturated carbocycles. The van der Waals surface area contributed by atoms with Crippen LogP contribution < -0.4 is 5.32 Å². The molecule has 0 spiro atoms. The lowest BCUT2D eigenvalue weighted by Crippen LogP contribution is -2.28. The molecule has 26 heavy (non-hydrogen) atoms. The maximum Gasteiger partial charge on any atom is 0.219 e. The molecule has 0 aromatic heterocycles. The molecule has 4 aliphatic carbocycles. The molecule has 1 N–H and O–H groups in total. The summed E-state index contributed by atoms with van der Waals surface area (Å²) >= 11 is 0. The van der Waals surface area contributed by atoms with Crippen LogP contribution in [0, 0.1) is 17.8 Å². The van der Waals surface area contributed by atoms with Gasteiger partial charge in [0.25, 0.3) is 0 Å². The number of unbranched alkanes of at least 4 members (excludes halogenated alkanes) is 1. The summed E-state index contributed by atoms with van der Waals surface area (Å²) in [4.78, 5) is 12.0. The number of amides is 1. The van der Waals surface area contributed by atoms with Crippen LogP contribution >= 0.6 is 0 Å². The SMILES string of the molecule is CCCCNC(=O)CCCC1CC=C2C=CC3=CC=CC4C=CC1=C2C34. The van der Waals surface area contributed by atoms with Gasteiger partial charge in [-0.2, -0.15) is 0 Å². The van der Waals surface area contributed by atoms with E-state index in [9.17, 15) is 4.79 Å². The van der Waals surface area contributed by atoms with Gasteiger partial charge < -0.3 is 5.32 Å². The molecular weight excluding hydrogens is 318 g/mol. The first kappa shape index (κ1) is 17.3. The standard InChI is InChI=1S/C24H29NO/c1-2-3-16-25-22(26)9-5-6-17-10-11-20-13-12-18-7-4-8-19-14-15-21(17)24(20)23(18)19/h4,7-8,11-15,17,19,23H,2-3,5-6,9-10,16H2,1H3,(H,25,26). The first-order valence-corrected chi connectivity index (χ1v) is 10.2. The van der Waals surface area contributed by atoms with Crippen LogP contribution in [-0.2, 0) is 4.79 Å². The number of carbonyl (C=O) groups excluding carboxylic acids is 1. The van der Waals surface area contributed by atoms with E-state index in [1.807, 2.05) is 0 Å². The van der Waals surface area contributed by atoms with E-state index < -0.39 is 0 Å². The fourth-order valence-electron chi connectivity index (χ4n) is 4.74. The van der Waals surface area contributed by atoms with Crippen LogP contribution in [0.1, 0.15) is 45.4 Å². The molecule has 0 saturated heterocycles. The van der Waals surface area contributed by atoms with Gasteiger partial charge in [-0.15, -0.1) is 0 Å². The van der Waals surface area contributed by atoms with E-state index in [1.54, 1.807) is 5.57 Å². The van der Waals surface area contributed by atoms with E-state index >= 15 is 0 Å². The van der Waals surface area contributed by atoms with Crippen molar-refractivity contribution in [2.45, 2.75) is 45.4 Å². The Hall–Kier alpha value is -2.09. The third-order valence-corrected chi connectivity index (χ3v) is 6.12. The zero-order chi connectivity index (χ0) is 17.9. The van der Waals surface area contributed by atoms with Crippen LogP contribution in [0.15, 0.2) is 70.9 Å². The number of hydrogen-bond donors (Lipinski definition) is 1. The molecule has 0 heterocycles. The zero-order valence-electron chi connectivity index (χ0n) is 15.7. The van der Waals surface area contributed by atoms with E-state index in [0.717, 1.165) is 38.6 Å². The molecular formula is C24H29NO. The Kier molecular flexibility index (Phi) is 5.10. The minimum atomic E-state index is 0.214. The van der Waals surface area contributed by atoms with Gasteiger partial charge in [-0.05, 0) is 53.9 Å². The Morgan fingerprint density at radius 2 is 2.12 bits per heavy atom. The highest BCUT2D eigenvalue weighted by Crippen LogP contribution is 2.49. The molecule has 0 aromatic carbocycles. The Balaban J connectivity index is 1.42. The van der Waals surface area contributed by atoms with Crippen LogP contribution in [0.3, 0.4) is 0 Å². The smallest absolute Gasteiger partial charge is 0.219 e. The normalized spacial score (nSPS) is 27.8. The van der Waals surface area contributed by atoms with Crippen LogP contribution in [0.5, 0.6) is 0 Å². The number of rotatable bonds is 7. The van der Waals surface area contributed by atoms with E-state index in [2.05, 4.69) is 60.8 Å². The van der Waals surface area contributed by atoms with Crippen molar-refractivity contribution in [1.82, 2.24) is 5.32 Å². The molecule has 4 aliphatic rings. The quantitative estimate of drug-likeness (QED) is 0.631. The molecule has 136 valence electrons. The van der Waals surface area contributed by atoms with E-state index in [0.29, 0.717) is 24.2 Å². The lowest BCUT2D eigenvalue weighted by Gasteiger charge is -2.40. The van der Waals surface area contributed by atoms with Crippen molar-refractivity contribution in [3.05, 3.63) is 70.9 Å². The Bertz CT molecular complexity index is 759. The van der Waals surface area contributed by atoms with Crippen LogP contribution in [-0.4, -0.2) is 12.5 Å². The summed E-state index contributed by atoms with van der Waals surface area (Å²) in [6, 6.07) is 0. The van der Waals surface area contributed by atoms with Gasteiger partial charge in [-0.25, -0.2) is 0 Å². The fraction of sp³-hybridized carbons (Fsp3) is 0.458. The topological polar surface area (TPSA) is 29.1 Å². The summed E-state index contributed by atoms with van der Waals surface area (Å²) in [5.41, 5.74) is 5.96. The first-order valence-electron chi connectivity index (χ1n) is 10.2. The van der Waals surface area contributed by atoms with Crippen LogP contribution in [0.2, 0.25) is 0 Å². The second-order valence-electron chi connectivity index (χ2n) is 7.86. The third kappa shape index (κ3) is 3.30. The van der Waals surface area contributed by atoms with Crippen LogP contribution in [0.4, 0.5) is 0 Å². The van der Waals surface area contributed by atoms with Gasteiger partial charge in [0.2, 0.25) is 5.91 Å². The number of nitrogens with one attached hydrogen (secondary N) is 1.